The molecule has 2 aromatic rings. The van der Waals surface area contributed by atoms with Gasteiger partial charge in [-0.15, -0.1) is 0 Å². The molecule has 4 nitrogen and oxygen atoms in total. The topological polar surface area (TPSA) is 38.8 Å². The SMILES string of the molecule is COc1cc(C=CC(=O)N(C)Cc2ccsc2)cc(OC)c1. The number of carbonyl (C=O) groups excluding carboxylic acids is 1. The number of nitrogens with zero attached hydrogens (tertiary/aromatic N) is 1. The number of methoxy groups -OCH3 is 2. The molecular weight excluding hydrogens is 298 g/mol. The van der Waals surface area contributed by atoms with Gasteiger partial charge in [0.1, 0.15) is 11.5 Å². The third-order valence-corrected chi connectivity index (χ3v) is 3.90. The van der Waals surface area contributed by atoms with Gasteiger partial charge in [0.25, 0.3) is 0 Å². The molecule has 0 unspecified atom stereocenters. The Morgan fingerprint density at radius 1 is 1.23 bits per heavy atom. The molecule has 0 saturated heterocycles. The molecule has 0 spiro atoms. The Hall–Kier alpha value is -2.27. The van der Waals surface area contributed by atoms with Crippen LogP contribution in [0.3, 0.4) is 0 Å². The molecule has 0 aliphatic carbocycles. The van der Waals surface area contributed by atoms with Gasteiger partial charge in [-0.1, -0.05) is 0 Å². The maximum absolute atomic E-state index is 12.1. The minimum atomic E-state index is -0.0482. The second-order valence-electron chi connectivity index (χ2n) is 4.81. The van der Waals surface area contributed by atoms with Crippen LogP contribution < -0.4 is 9.47 Å². The molecular formula is C17H19NO3S. The van der Waals surface area contributed by atoms with E-state index in [1.54, 1.807) is 55.7 Å². The summed E-state index contributed by atoms with van der Waals surface area (Å²) < 4.78 is 10.4. The second-order valence-corrected chi connectivity index (χ2v) is 5.59. The van der Waals surface area contributed by atoms with E-state index in [1.807, 2.05) is 29.0 Å². The summed E-state index contributed by atoms with van der Waals surface area (Å²) in [6, 6.07) is 7.52. The number of amides is 1. The fourth-order valence-corrected chi connectivity index (χ4v) is 2.61. The summed E-state index contributed by atoms with van der Waals surface area (Å²) in [5.41, 5.74) is 1.99. The minimum Gasteiger partial charge on any atom is -0.497 e. The lowest BCUT2D eigenvalue weighted by molar-refractivity contribution is -0.125. The normalized spacial score (nSPS) is 10.7. The first kappa shape index (κ1) is 16.1. The Morgan fingerprint density at radius 2 is 1.91 bits per heavy atom. The monoisotopic (exact) mass is 317 g/mol. The molecule has 2 rings (SSSR count). The highest BCUT2D eigenvalue weighted by Crippen LogP contribution is 2.23. The third-order valence-electron chi connectivity index (χ3n) is 3.17. The van der Waals surface area contributed by atoms with Gasteiger partial charge in [-0.2, -0.15) is 11.3 Å². The molecule has 0 aliphatic rings. The van der Waals surface area contributed by atoms with Crippen molar-refractivity contribution in [3.63, 3.8) is 0 Å². The summed E-state index contributed by atoms with van der Waals surface area (Å²) >= 11 is 1.63. The molecule has 0 aliphatic heterocycles. The van der Waals surface area contributed by atoms with Gasteiger partial charge in [0.2, 0.25) is 5.91 Å². The van der Waals surface area contributed by atoms with Crippen LogP contribution in [0.5, 0.6) is 11.5 Å². The molecule has 0 atom stereocenters. The standard InChI is InChI=1S/C17H19NO3S/c1-18(11-14-6-7-22-12-14)17(19)5-4-13-8-15(20-2)10-16(9-13)21-3/h4-10,12H,11H2,1-3H3. The summed E-state index contributed by atoms with van der Waals surface area (Å²) in [7, 11) is 4.99. The van der Waals surface area contributed by atoms with Crippen molar-refractivity contribution in [1.82, 2.24) is 4.90 Å². The van der Waals surface area contributed by atoms with Crippen LogP contribution in [0, 0.1) is 0 Å². The van der Waals surface area contributed by atoms with Crippen LogP contribution in [-0.4, -0.2) is 32.1 Å². The van der Waals surface area contributed by atoms with Gasteiger partial charge < -0.3 is 14.4 Å². The van der Waals surface area contributed by atoms with E-state index in [-0.39, 0.29) is 5.91 Å². The van der Waals surface area contributed by atoms with Crippen molar-refractivity contribution in [3.05, 3.63) is 52.2 Å². The van der Waals surface area contributed by atoms with Gasteiger partial charge >= 0.3 is 0 Å². The first-order chi connectivity index (χ1) is 10.6. The molecule has 0 fully saturated rings. The summed E-state index contributed by atoms with van der Waals surface area (Å²) in [4.78, 5) is 13.8. The first-order valence-electron chi connectivity index (χ1n) is 6.79. The van der Waals surface area contributed by atoms with E-state index < -0.39 is 0 Å². The van der Waals surface area contributed by atoms with Crippen molar-refractivity contribution in [3.8, 4) is 11.5 Å². The molecule has 1 heterocycles. The minimum absolute atomic E-state index is 0.0482. The number of carbonyl (C=O) groups is 1. The number of likely N-dealkylation sites (N-methyl/N-ethyl adjacent to an activating group) is 1. The first-order valence-corrected chi connectivity index (χ1v) is 7.74. The fraction of sp³-hybridized carbons (Fsp3) is 0.235. The zero-order chi connectivity index (χ0) is 15.9. The average Bonchev–Trinajstić information content (AvgIpc) is 3.04. The maximum atomic E-state index is 12.1. The van der Waals surface area contributed by atoms with Gasteiger partial charge in [-0.05, 0) is 46.2 Å². The zero-order valence-corrected chi connectivity index (χ0v) is 13.7. The molecule has 1 aromatic heterocycles. The van der Waals surface area contributed by atoms with Crippen molar-refractivity contribution in [2.75, 3.05) is 21.3 Å². The van der Waals surface area contributed by atoms with Crippen molar-refractivity contribution in [2.24, 2.45) is 0 Å². The van der Waals surface area contributed by atoms with Gasteiger partial charge in [0.05, 0.1) is 14.2 Å². The number of hydrogen-bond acceptors (Lipinski definition) is 4. The third kappa shape index (κ3) is 4.36. The van der Waals surface area contributed by atoms with E-state index in [0.717, 1.165) is 11.1 Å². The maximum Gasteiger partial charge on any atom is 0.246 e. The average molecular weight is 317 g/mol. The van der Waals surface area contributed by atoms with Gasteiger partial charge in [-0.3, -0.25) is 4.79 Å². The van der Waals surface area contributed by atoms with E-state index in [9.17, 15) is 4.79 Å². The fourth-order valence-electron chi connectivity index (χ4n) is 1.95. The lowest BCUT2D eigenvalue weighted by Crippen LogP contribution is -2.23. The van der Waals surface area contributed by atoms with E-state index >= 15 is 0 Å². The van der Waals surface area contributed by atoms with E-state index in [4.69, 9.17) is 9.47 Å². The zero-order valence-electron chi connectivity index (χ0n) is 12.9. The molecule has 0 radical (unpaired) electrons. The van der Waals surface area contributed by atoms with Crippen molar-refractivity contribution in [1.29, 1.82) is 0 Å². The van der Waals surface area contributed by atoms with E-state index in [1.165, 1.54) is 0 Å². The summed E-state index contributed by atoms with van der Waals surface area (Å²) in [5.74, 6) is 1.34. The van der Waals surface area contributed by atoms with Gasteiger partial charge in [0, 0.05) is 25.7 Å². The molecule has 0 N–H and O–H groups in total. The van der Waals surface area contributed by atoms with Gasteiger partial charge in [-0.25, -0.2) is 0 Å². The largest absolute Gasteiger partial charge is 0.497 e. The van der Waals surface area contributed by atoms with E-state index in [0.29, 0.717) is 18.0 Å². The smallest absolute Gasteiger partial charge is 0.246 e. The predicted molar refractivity (Wildman–Crippen MR) is 89.4 cm³/mol. The Kier molecular flexibility index (Phi) is 5.61. The van der Waals surface area contributed by atoms with Crippen molar-refractivity contribution >= 4 is 23.3 Å². The molecule has 1 aromatic carbocycles. The molecule has 116 valence electrons. The lowest BCUT2D eigenvalue weighted by atomic mass is 10.2. The highest BCUT2D eigenvalue weighted by atomic mass is 32.1. The number of thiophene rings is 1. The molecule has 5 heteroatoms. The van der Waals surface area contributed by atoms with Crippen molar-refractivity contribution < 1.29 is 14.3 Å². The van der Waals surface area contributed by atoms with Crippen LogP contribution >= 0.6 is 11.3 Å². The second kappa shape index (κ2) is 7.66. The van der Waals surface area contributed by atoms with Crippen molar-refractivity contribution in [2.45, 2.75) is 6.54 Å². The molecule has 0 bridgehead atoms. The quantitative estimate of drug-likeness (QED) is 0.766. The Bertz CT molecular complexity index is 628. The number of ether oxygens (including phenoxy) is 2. The molecule has 22 heavy (non-hydrogen) atoms. The number of benzene rings is 1. The number of rotatable bonds is 6. The Morgan fingerprint density at radius 3 is 2.45 bits per heavy atom. The van der Waals surface area contributed by atoms with Gasteiger partial charge in [0.15, 0.2) is 0 Å². The van der Waals surface area contributed by atoms with Crippen LogP contribution in [0.4, 0.5) is 0 Å². The summed E-state index contributed by atoms with van der Waals surface area (Å²) in [6.45, 7) is 0.605. The van der Waals surface area contributed by atoms with Crippen LogP contribution in [0.2, 0.25) is 0 Å². The van der Waals surface area contributed by atoms with Crippen LogP contribution in [0.25, 0.3) is 6.08 Å². The molecule has 0 saturated carbocycles. The van der Waals surface area contributed by atoms with Crippen LogP contribution in [0.15, 0.2) is 41.1 Å². The summed E-state index contributed by atoms with van der Waals surface area (Å²) in [5, 5.41) is 4.05. The molecule has 1 amide bonds. The van der Waals surface area contributed by atoms with E-state index in [2.05, 4.69) is 0 Å². The summed E-state index contributed by atoms with van der Waals surface area (Å²) in [6.07, 6.45) is 3.32. The Balaban J connectivity index is 2.05. The number of hydrogen-bond donors (Lipinski definition) is 0. The van der Waals surface area contributed by atoms with Crippen LogP contribution in [-0.2, 0) is 11.3 Å². The van der Waals surface area contributed by atoms with Crippen LogP contribution in [0.1, 0.15) is 11.1 Å². The highest BCUT2D eigenvalue weighted by molar-refractivity contribution is 7.07. The predicted octanol–water partition coefficient (Wildman–Crippen LogP) is 3.44. The Labute approximate surface area is 134 Å². The highest BCUT2D eigenvalue weighted by Gasteiger charge is 2.06. The lowest BCUT2D eigenvalue weighted by Gasteiger charge is -2.14.